The lowest BCUT2D eigenvalue weighted by Gasteiger charge is -2.17. The van der Waals surface area contributed by atoms with E-state index < -0.39 is 0 Å². The largest absolute Gasteiger partial charge is 0.465 e. The lowest BCUT2D eigenvalue weighted by molar-refractivity contribution is -0.145. The molecule has 0 aliphatic rings. The maximum Gasteiger partial charge on any atom is 0.306 e. The first-order chi connectivity index (χ1) is 8.40. The highest BCUT2D eigenvalue weighted by molar-refractivity contribution is 8.02. The van der Waals surface area contributed by atoms with Crippen LogP contribution in [0.25, 0.3) is 0 Å². The molecule has 4 nitrogen and oxygen atoms in total. The van der Waals surface area contributed by atoms with E-state index in [1.165, 1.54) is 0 Å². The first-order valence-corrected chi connectivity index (χ1v) is 8.59. The molecular weight excluding hydrogens is 288 g/mol. The Labute approximate surface area is 120 Å². The Morgan fingerprint density at radius 3 is 2.56 bits per heavy atom. The lowest BCUT2D eigenvalue weighted by Crippen LogP contribution is -2.18. The summed E-state index contributed by atoms with van der Waals surface area (Å²) in [4.78, 5) is 11.5. The number of carbonyl (C=O) groups excluding carboxylic acids is 1. The fraction of sp³-hybridized carbons (Fsp3) is 0.727. The normalized spacial score (nSPS) is 11.6. The molecule has 0 unspecified atom stereocenters. The summed E-state index contributed by atoms with van der Waals surface area (Å²) in [6.07, 6.45) is 2.38. The summed E-state index contributed by atoms with van der Waals surface area (Å²) in [5.74, 6) is 0.540. The number of ether oxygens (including phenoxy) is 1. The first-order valence-electron chi connectivity index (χ1n) is 5.56. The molecule has 1 heterocycles. The Morgan fingerprint density at radius 2 is 2.00 bits per heavy atom. The maximum atomic E-state index is 11.5. The van der Waals surface area contributed by atoms with E-state index in [0.29, 0.717) is 18.8 Å². The number of thioether (sulfide) groups is 2. The van der Waals surface area contributed by atoms with E-state index in [1.807, 2.05) is 27.0 Å². The molecule has 7 heteroatoms. The first kappa shape index (κ1) is 15.8. The average Bonchev–Trinajstić information content (AvgIpc) is 2.73. The van der Waals surface area contributed by atoms with Gasteiger partial charge in [0.15, 0.2) is 8.68 Å². The van der Waals surface area contributed by atoms with Gasteiger partial charge in [0.1, 0.15) is 0 Å². The lowest BCUT2D eigenvalue weighted by atomic mass is 9.99. The quantitative estimate of drug-likeness (QED) is 0.593. The van der Waals surface area contributed by atoms with Crippen molar-refractivity contribution in [2.24, 2.45) is 5.41 Å². The maximum absolute atomic E-state index is 11.5. The van der Waals surface area contributed by atoms with Gasteiger partial charge in [0.2, 0.25) is 0 Å². The molecule has 18 heavy (non-hydrogen) atoms. The molecule has 0 bridgehead atoms. The molecule has 0 spiro atoms. The van der Waals surface area contributed by atoms with Crippen molar-refractivity contribution in [3.05, 3.63) is 0 Å². The van der Waals surface area contributed by atoms with Gasteiger partial charge in [0.25, 0.3) is 0 Å². The predicted octanol–water partition coefficient (Wildman–Crippen LogP) is 3.33. The summed E-state index contributed by atoms with van der Waals surface area (Å²) in [5, 5.41) is 8.02. The van der Waals surface area contributed by atoms with Crippen LogP contribution in [-0.4, -0.2) is 34.8 Å². The van der Waals surface area contributed by atoms with Gasteiger partial charge in [-0.2, -0.15) is 0 Å². The van der Waals surface area contributed by atoms with Gasteiger partial charge in [-0.1, -0.05) is 55.6 Å². The highest BCUT2D eigenvalue weighted by atomic mass is 32.2. The fourth-order valence-corrected chi connectivity index (χ4v) is 3.36. The third kappa shape index (κ3) is 6.61. The van der Waals surface area contributed by atoms with E-state index in [0.717, 1.165) is 8.68 Å². The summed E-state index contributed by atoms with van der Waals surface area (Å²) in [6.45, 7) is 6.59. The van der Waals surface area contributed by atoms with E-state index in [2.05, 4.69) is 10.2 Å². The van der Waals surface area contributed by atoms with Gasteiger partial charge in [-0.15, -0.1) is 10.2 Å². The predicted molar refractivity (Wildman–Crippen MR) is 77.4 cm³/mol. The highest BCUT2D eigenvalue weighted by Gasteiger charge is 2.14. The van der Waals surface area contributed by atoms with Gasteiger partial charge in [0.05, 0.1) is 13.0 Å². The van der Waals surface area contributed by atoms with E-state index in [-0.39, 0.29) is 11.4 Å². The van der Waals surface area contributed by atoms with Crippen LogP contribution in [0.2, 0.25) is 0 Å². The molecule has 0 amide bonds. The van der Waals surface area contributed by atoms with Gasteiger partial charge in [-0.05, 0) is 11.7 Å². The summed E-state index contributed by atoms with van der Waals surface area (Å²) in [6, 6.07) is 0. The van der Waals surface area contributed by atoms with Crippen LogP contribution in [0.1, 0.15) is 27.2 Å². The molecule has 0 saturated carbocycles. The molecule has 0 N–H and O–H groups in total. The molecule has 0 fully saturated rings. The second-order valence-electron chi connectivity index (χ2n) is 4.86. The summed E-state index contributed by atoms with van der Waals surface area (Å²) in [7, 11) is 0. The zero-order chi connectivity index (χ0) is 13.6. The molecule has 0 aliphatic carbocycles. The van der Waals surface area contributed by atoms with Gasteiger partial charge in [-0.3, -0.25) is 4.79 Å². The number of aromatic nitrogens is 2. The minimum atomic E-state index is -0.146. The van der Waals surface area contributed by atoms with Crippen molar-refractivity contribution in [3.8, 4) is 0 Å². The molecule has 102 valence electrons. The third-order valence-corrected chi connectivity index (χ3v) is 4.79. The molecular formula is C11H18N2O2S3. The Bertz CT molecular complexity index is 388. The van der Waals surface area contributed by atoms with Crippen molar-refractivity contribution in [3.63, 3.8) is 0 Å². The zero-order valence-corrected chi connectivity index (χ0v) is 13.5. The van der Waals surface area contributed by atoms with E-state index >= 15 is 0 Å². The Morgan fingerprint density at radius 1 is 1.33 bits per heavy atom. The van der Waals surface area contributed by atoms with E-state index in [4.69, 9.17) is 4.74 Å². The monoisotopic (exact) mass is 306 g/mol. The second kappa shape index (κ2) is 7.35. The van der Waals surface area contributed by atoms with Crippen molar-refractivity contribution in [2.75, 3.05) is 18.6 Å². The minimum Gasteiger partial charge on any atom is -0.465 e. The van der Waals surface area contributed by atoms with Crippen LogP contribution in [0.3, 0.4) is 0 Å². The van der Waals surface area contributed by atoms with Crippen LogP contribution in [0.5, 0.6) is 0 Å². The summed E-state index contributed by atoms with van der Waals surface area (Å²) < 4.78 is 7.04. The standard InChI is InChI=1S/C11H18N2O2S3/c1-11(2,3)7-15-8(14)5-6-17-10-13-12-9(16-4)18-10/h5-7H2,1-4H3. The second-order valence-corrected chi connectivity index (χ2v) is 8.23. The molecule has 0 saturated heterocycles. The van der Waals surface area contributed by atoms with E-state index in [1.54, 1.807) is 34.9 Å². The molecule has 0 atom stereocenters. The van der Waals surface area contributed by atoms with Crippen molar-refractivity contribution in [1.29, 1.82) is 0 Å². The van der Waals surface area contributed by atoms with E-state index in [9.17, 15) is 4.79 Å². The van der Waals surface area contributed by atoms with Gasteiger partial charge in [-0.25, -0.2) is 0 Å². The molecule has 0 radical (unpaired) electrons. The summed E-state index contributed by atoms with van der Waals surface area (Å²) in [5.41, 5.74) is 0.0231. The summed E-state index contributed by atoms with van der Waals surface area (Å²) >= 11 is 4.68. The number of carbonyl (C=O) groups is 1. The molecule has 1 rings (SSSR count). The molecule has 1 aromatic rings. The number of rotatable bonds is 6. The highest BCUT2D eigenvalue weighted by Crippen LogP contribution is 2.27. The fourth-order valence-electron chi connectivity index (χ4n) is 0.929. The van der Waals surface area contributed by atoms with Crippen molar-refractivity contribution in [1.82, 2.24) is 10.2 Å². The van der Waals surface area contributed by atoms with Gasteiger partial charge < -0.3 is 4.74 Å². The van der Waals surface area contributed by atoms with Crippen LogP contribution in [-0.2, 0) is 9.53 Å². The third-order valence-electron chi connectivity index (χ3n) is 1.76. The average molecular weight is 306 g/mol. The van der Waals surface area contributed by atoms with Crippen molar-refractivity contribution in [2.45, 2.75) is 35.9 Å². The number of hydrogen-bond acceptors (Lipinski definition) is 7. The topological polar surface area (TPSA) is 52.1 Å². The van der Waals surface area contributed by atoms with Gasteiger partial charge >= 0.3 is 5.97 Å². The molecule has 1 aromatic heterocycles. The zero-order valence-electron chi connectivity index (χ0n) is 11.1. The van der Waals surface area contributed by atoms with Crippen LogP contribution < -0.4 is 0 Å². The number of hydrogen-bond donors (Lipinski definition) is 0. The number of esters is 1. The number of nitrogens with zero attached hydrogens (tertiary/aromatic N) is 2. The Balaban J connectivity index is 2.19. The van der Waals surface area contributed by atoms with Crippen LogP contribution in [0, 0.1) is 5.41 Å². The van der Waals surface area contributed by atoms with Crippen LogP contribution in [0.15, 0.2) is 8.68 Å². The van der Waals surface area contributed by atoms with Crippen LogP contribution >= 0.6 is 34.9 Å². The van der Waals surface area contributed by atoms with Crippen molar-refractivity contribution >= 4 is 40.8 Å². The van der Waals surface area contributed by atoms with Crippen LogP contribution in [0.4, 0.5) is 0 Å². The van der Waals surface area contributed by atoms with Crippen molar-refractivity contribution < 1.29 is 9.53 Å². The minimum absolute atomic E-state index is 0.0231. The Hall–Kier alpha value is -0.270. The smallest absolute Gasteiger partial charge is 0.306 e. The SMILES string of the molecule is CSc1nnc(SCCC(=O)OCC(C)(C)C)s1. The molecule has 0 aromatic carbocycles. The van der Waals surface area contributed by atoms with Gasteiger partial charge in [0, 0.05) is 5.75 Å². The molecule has 0 aliphatic heterocycles. The Kier molecular flexibility index (Phi) is 6.45.